The van der Waals surface area contributed by atoms with Crippen LogP contribution in [0.1, 0.15) is 113 Å². The Morgan fingerprint density at radius 3 is 1.56 bits per heavy atom. The zero-order valence-corrected chi connectivity index (χ0v) is 53.3. The predicted molar refractivity (Wildman–Crippen MR) is 361 cm³/mol. The number of sulfonamides is 2. The maximum Gasteiger partial charge on any atom is 0.270 e. The Bertz CT molecular complexity index is 3930. The Hall–Kier alpha value is -7.03. The minimum atomic E-state index is -3.60. The van der Waals surface area contributed by atoms with Crippen LogP contribution in [0.4, 0.5) is 0 Å². The van der Waals surface area contributed by atoms with Crippen molar-refractivity contribution < 1.29 is 21.6 Å². The van der Waals surface area contributed by atoms with Gasteiger partial charge in [-0.25, -0.2) is 26.3 Å². The molecule has 0 spiro atoms. The number of carbonyl (C=O) groups excluding carboxylic acids is 1. The molecule has 87 heavy (non-hydrogen) atoms. The standard InChI is InChI=1S/2C23H25N3O2S2.C23H24N2OS/c1-18(20-10-6-3-7-11-20)25-30(27,28)15-13-22-21-17-29-14-12-23(21)26(24-22)16-19-8-4-2-5-9-19;1-18(20-10-6-3-7-11-20)25-30(27,28)15-13-23-21-17-29-14-12-22(21)24-26(23)16-19-8-4-2-5-9-19;1-16(18-10-6-3-7-11-18)24-23(26)22-20-15-27-13-12-19(20)21(25-22)14-17-8-4-2-5-9-17/h2*2-11,13,15,18,25H,12,14,16-17H2,1H3;2-11,16,21H,12-15H2,1H3,(H,24,26)/b2*15-13+;/t2*18-;16-,21?/m011/s1. The lowest BCUT2D eigenvalue weighted by Crippen LogP contribution is -2.34. The van der Waals surface area contributed by atoms with Gasteiger partial charge in [-0.1, -0.05) is 182 Å². The van der Waals surface area contributed by atoms with Gasteiger partial charge in [0.25, 0.3) is 5.91 Å². The third kappa shape index (κ3) is 17.4. The fourth-order valence-electron chi connectivity index (χ4n) is 11.0. The monoisotopic (exact) mass is 1250 g/mol. The van der Waals surface area contributed by atoms with Crippen molar-refractivity contribution in [3.05, 3.63) is 271 Å². The lowest BCUT2D eigenvalue weighted by molar-refractivity contribution is -0.115. The fourth-order valence-corrected chi connectivity index (χ4v) is 16.0. The number of aromatic nitrogens is 4. The van der Waals surface area contributed by atoms with Gasteiger partial charge in [0.05, 0.1) is 42.3 Å². The zero-order chi connectivity index (χ0) is 60.6. The first-order valence-electron chi connectivity index (χ1n) is 29.4. The molecule has 6 aromatic carbocycles. The van der Waals surface area contributed by atoms with Crippen molar-refractivity contribution in [2.75, 3.05) is 23.0 Å². The highest BCUT2D eigenvalue weighted by atomic mass is 32.2. The normalized spacial score (nSPS) is 16.7. The van der Waals surface area contributed by atoms with Crippen molar-refractivity contribution in [3.63, 3.8) is 0 Å². The molecule has 0 fully saturated rings. The van der Waals surface area contributed by atoms with E-state index in [2.05, 4.69) is 63.3 Å². The number of fused-ring (bicyclic) bond motifs is 2. The van der Waals surface area contributed by atoms with Crippen molar-refractivity contribution in [2.24, 2.45) is 4.99 Å². The molecule has 450 valence electrons. The summed E-state index contributed by atoms with van der Waals surface area (Å²) in [6.45, 7) is 7.02. The summed E-state index contributed by atoms with van der Waals surface area (Å²) in [6, 6.07) is 59.4. The second kappa shape index (κ2) is 30.3. The van der Waals surface area contributed by atoms with Gasteiger partial charge < -0.3 is 5.32 Å². The minimum absolute atomic E-state index is 0.0325. The van der Waals surface area contributed by atoms with Crippen LogP contribution in [0.2, 0.25) is 0 Å². The third-order valence-electron chi connectivity index (χ3n) is 15.5. The molecule has 6 heterocycles. The number of amides is 1. The summed E-state index contributed by atoms with van der Waals surface area (Å²) in [7, 11) is -7.19. The highest BCUT2D eigenvalue weighted by molar-refractivity contribution is 7.99. The van der Waals surface area contributed by atoms with Gasteiger partial charge in [0.2, 0.25) is 20.0 Å². The molecule has 18 heteroatoms. The Labute approximate surface area is 525 Å². The molecule has 0 saturated carbocycles. The fraction of sp³-hybridized carbons (Fsp3) is 0.275. The summed E-state index contributed by atoms with van der Waals surface area (Å²) < 4.78 is 60.1. The average Bonchev–Trinajstić information content (AvgIpc) is 3.92. The minimum Gasteiger partial charge on any atom is -0.344 e. The number of rotatable bonds is 19. The van der Waals surface area contributed by atoms with E-state index in [4.69, 9.17) is 15.2 Å². The van der Waals surface area contributed by atoms with Crippen LogP contribution in [0.25, 0.3) is 12.2 Å². The topological polar surface area (TPSA) is 169 Å². The van der Waals surface area contributed by atoms with E-state index in [1.807, 2.05) is 199 Å². The first-order valence-corrected chi connectivity index (χ1v) is 36.0. The number of aliphatic imine (C=N–C) groups is 1. The van der Waals surface area contributed by atoms with Gasteiger partial charge in [0.15, 0.2) is 0 Å². The molecule has 1 amide bonds. The van der Waals surface area contributed by atoms with Crippen molar-refractivity contribution in [1.29, 1.82) is 0 Å². The average molecular weight is 1260 g/mol. The van der Waals surface area contributed by atoms with Crippen molar-refractivity contribution in [1.82, 2.24) is 34.3 Å². The molecule has 4 aliphatic heterocycles. The Morgan fingerprint density at radius 2 is 1.00 bits per heavy atom. The van der Waals surface area contributed by atoms with E-state index in [9.17, 15) is 21.6 Å². The van der Waals surface area contributed by atoms with Gasteiger partial charge in [-0.05, 0) is 114 Å². The first kappa shape index (κ1) is 63.0. The molecule has 12 rings (SSSR count). The molecule has 4 aliphatic rings. The SMILES string of the molecule is C[C@@H](NC(=O)C1=NC(Cc2ccccc2)C2=C1CSCC2)c1ccccc1.C[C@@H](NS(=O)(=O)/C=C/c1c2c(nn1Cc1ccccc1)CCSC2)c1ccccc1.C[C@H](NS(=O)(=O)/C=C/c1nn(Cc2ccccc2)c2c1CSCC2)c1ccccc1. The number of nitrogens with one attached hydrogen (secondary N) is 3. The highest BCUT2D eigenvalue weighted by Gasteiger charge is 2.34. The van der Waals surface area contributed by atoms with E-state index in [1.165, 1.54) is 38.8 Å². The van der Waals surface area contributed by atoms with Crippen LogP contribution in [0, 0.1) is 0 Å². The molecule has 0 aliphatic carbocycles. The molecule has 0 bridgehead atoms. The molecular formula is C69H74N8O5S5. The van der Waals surface area contributed by atoms with Gasteiger partial charge >= 0.3 is 0 Å². The van der Waals surface area contributed by atoms with Gasteiger partial charge in [-0.3, -0.25) is 19.2 Å². The maximum atomic E-state index is 13.0. The molecule has 2 aromatic heterocycles. The Balaban J connectivity index is 0.000000145. The number of hydrogen-bond donors (Lipinski definition) is 3. The molecule has 1 unspecified atom stereocenters. The van der Waals surface area contributed by atoms with Crippen LogP contribution in [0.5, 0.6) is 0 Å². The Morgan fingerprint density at radius 1 is 0.540 bits per heavy atom. The number of nitrogens with zero attached hydrogens (tertiary/aromatic N) is 5. The molecule has 3 N–H and O–H groups in total. The summed E-state index contributed by atoms with van der Waals surface area (Å²) in [5.41, 5.74) is 15.9. The number of thioether (sulfide) groups is 3. The molecule has 0 saturated heterocycles. The van der Waals surface area contributed by atoms with E-state index in [0.717, 1.165) is 111 Å². The zero-order valence-electron chi connectivity index (χ0n) is 49.2. The summed E-state index contributed by atoms with van der Waals surface area (Å²) in [4.78, 5) is 17.9. The van der Waals surface area contributed by atoms with E-state index in [0.29, 0.717) is 18.8 Å². The van der Waals surface area contributed by atoms with Gasteiger partial charge in [0.1, 0.15) is 5.71 Å². The van der Waals surface area contributed by atoms with Crippen LogP contribution >= 0.6 is 35.3 Å². The van der Waals surface area contributed by atoms with Crippen LogP contribution in [0.15, 0.2) is 209 Å². The van der Waals surface area contributed by atoms with Crippen LogP contribution in [-0.2, 0) is 68.7 Å². The van der Waals surface area contributed by atoms with E-state index in [-0.39, 0.29) is 30.1 Å². The molecule has 0 radical (unpaired) electrons. The van der Waals surface area contributed by atoms with Crippen molar-refractivity contribution in [2.45, 2.75) is 95.2 Å². The van der Waals surface area contributed by atoms with Crippen molar-refractivity contribution >= 4 is 79.1 Å². The van der Waals surface area contributed by atoms with Crippen LogP contribution < -0.4 is 14.8 Å². The number of hydrogen-bond acceptors (Lipinski definition) is 11. The summed E-state index contributed by atoms with van der Waals surface area (Å²) in [6.07, 6.45) is 7.09. The number of aryl methyl sites for hydroxylation is 1. The molecule has 4 atom stereocenters. The number of carbonyl (C=O) groups is 1. The molecular weight excluding hydrogens is 1180 g/mol. The van der Waals surface area contributed by atoms with Gasteiger partial charge in [0, 0.05) is 63.4 Å². The molecule has 13 nitrogen and oxygen atoms in total. The van der Waals surface area contributed by atoms with Crippen LogP contribution in [0.3, 0.4) is 0 Å². The largest absolute Gasteiger partial charge is 0.344 e. The lowest BCUT2D eigenvalue weighted by Gasteiger charge is -2.19. The third-order valence-corrected chi connectivity index (χ3v) is 20.8. The summed E-state index contributed by atoms with van der Waals surface area (Å²) in [5, 5.41) is 15.2. The van der Waals surface area contributed by atoms with Gasteiger partial charge in [-0.2, -0.15) is 45.5 Å². The second-order valence-corrected chi connectivity index (χ2v) is 28.3. The Kier molecular flexibility index (Phi) is 21.9. The van der Waals surface area contributed by atoms with Gasteiger partial charge in [-0.15, -0.1) is 0 Å². The van der Waals surface area contributed by atoms with E-state index in [1.54, 1.807) is 12.2 Å². The quantitative estimate of drug-likeness (QED) is 0.0708. The van der Waals surface area contributed by atoms with Crippen molar-refractivity contribution in [3.8, 4) is 0 Å². The summed E-state index contributed by atoms with van der Waals surface area (Å²) in [5.74, 6) is 5.80. The predicted octanol–water partition coefficient (Wildman–Crippen LogP) is 13.1. The smallest absolute Gasteiger partial charge is 0.270 e. The van der Waals surface area contributed by atoms with E-state index >= 15 is 0 Å². The van der Waals surface area contributed by atoms with E-state index < -0.39 is 20.0 Å². The first-order chi connectivity index (χ1) is 42.3. The molecule has 8 aromatic rings. The summed E-state index contributed by atoms with van der Waals surface area (Å²) >= 11 is 5.62. The highest BCUT2D eigenvalue weighted by Crippen LogP contribution is 2.36. The second-order valence-electron chi connectivity index (χ2n) is 21.8. The lowest BCUT2D eigenvalue weighted by atomic mass is 9.95. The number of benzene rings is 6. The maximum absolute atomic E-state index is 13.0. The van der Waals surface area contributed by atoms with Crippen LogP contribution in [-0.4, -0.2) is 77.1 Å².